The molecule has 2 bridgehead atoms. The van der Waals surface area contributed by atoms with Crippen molar-refractivity contribution in [1.29, 1.82) is 0 Å². The van der Waals surface area contributed by atoms with Crippen LogP contribution in [0.2, 0.25) is 0 Å². The third-order valence-electron chi connectivity index (χ3n) is 5.37. The van der Waals surface area contributed by atoms with E-state index in [0.29, 0.717) is 12.8 Å². The highest BCUT2D eigenvalue weighted by Crippen LogP contribution is 2.45. The van der Waals surface area contributed by atoms with Gasteiger partial charge in [0.05, 0.1) is 5.60 Å². The third kappa shape index (κ3) is 3.84. The Morgan fingerprint density at radius 3 is 2.12 bits per heavy atom. The van der Waals surface area contributed by atoms with Crippen molar-refractivity contribution in [3.05, 3.63) is 34.9 Å². The molecule has 25 heavy (non-hydrogen) atoms. The van der Waals surface area contributed by atoms with Crippen LogP contribution in [0, 0.1) is 13.8 Å². The highest BCUT2D eigenvalue weighted by molar-refractivity contribution is 5.69. The molecule has 1 amide bonds. The minimum absolute atomic E-state index is 0.0492. The van der Waals surface area contributed by atoms with Crippen LogP contribution in [-0.4, -0.2) is 33.8 Å². The number of fused-ring (bicyclic) bond motifs is 2. The normalized spacial score (nSPS) is 29.4. The fourth-order valence-electron chi connectivity index (χ4n) is 4.52. The van der Waals surface area contributed by atoms with Gasteiger partial charge in [0.2, 0.25) is 0 Å². The van der Waals surface area contributed by atoms with Gasteiger partial charge in [0.25, 0.3) is 0 Å². The number of ether oxygens (including phenoxy) is 1. The van der Waals surface area contributed by atoms with Crippen LogP contribution in [0.1, 0.15) is 69.6 Å². The van der Waals surface area contributed by atoms with Crippen LogP contribution in [0.3, 0.4) is 0 Å². The van der Waals surface area contributed by atoms with Gasteiger partial charge in [-0.05, 0) is 59.4 Å². The van der Waals surface area contributed by atoms with Gasteiger partial charge in [0.1, 0.15) is 5.60 Å². The topological polar surface area (TPSA) is 49.8 Å². The van der Waals surface area contributed by atoms with Crippen LogP contribution < -0.4 is 0 Å². The van der Waals surface area contributed by atoms with E-state index in [4.69, 9.17) is 4.74 Å². The Morgan fingerprint density at radius 1 is 1.12 bits per heavy atom. The molecule has 2 aliphatic heterocycles. The number of rotatable bonds is 1. The quantitative estimate of drug-likeness (QED) is 0.818. The maximum absolute atomic E-state index is 12.7. The molecule has 4 heteroatoms. The predicted octanol–water partition coefficient (Wildman–Crippen LogP) is 4.44. The number of carbonyl (C=O) groups excluding carboxylic acids is 1. The summed E-state index contributed by atoms with van der Waals surface area (Å²) in [4.78, 5) is 14.6. The average Bonchev–Trinajstić information content (AvgIpc) is 2.43. The molecule has 0 radical (unpaired) electrons. The van der Waals surface area contributed by atoms with Gasteiger partial charge in [-0.3, -0.25) is 0 Å². The number of hydrogen-bond acceptors (Lipinski definition) is 3. The summed E-state index contributed by atoms with van der Waals surface area (Å²) in [6, 6.07) is 6.41. The Balaban J connectivity index is 1.86. The first kappa shape index (κ1) is 18.2. The standard InChI is InChI=1S/C21H31NO3/c1-14-9-15(2)11-16(10-14)21(24)12-17-7-6-8-18(13-21)22(17)19(23)25-20(3,4)5/h9-11,17-18,24H,6-8,12-13H2,1-5H3. The minimum Gasteiger partial charge on any atom is -0.444 e. The summed E-state index contributed by atoms with van der Waals surface area (Å²) in [5.74, 6) is 0. The molecule has 2 aliphatic rings. The van der Waals surface area contributed by atoms with E-state index >= 15 is 0 Å². The monoisotopic (exact) mass is 345 g/mol. The Hall–Kier alpha value is -1.55. The van der Waals surface area contributed by atoms with Crippen molar-refractivity contribution >= 4 is 6.09 Å². The number of nitrogens with zero attached hydrogens (tertiary/aromatic N) is 1. The summed E-state index contributed by atoms with van der Waals surface area (Å²) in [7, 11) is 0. The summed E-state index contributed by atoms with van der Waals surface area (Å²) < 4.78 is 5.63. The molecule has 138 valence electrons. The van der Waals surface area contributed by atoms with E-state index in [1.165, 1.54) is 11.1 Å². The highest BCUT2D eigenvalue weighted by Gasteiger charge is 2.49. The lowest BCUT2D eigenvalue weighted by molar-refractivity contribution is -0.0965. The Morgan fingerprint density at radius 2 is 1.64 bits per heavy atom. The van der Waals surface area contributed by atoms with Crippen molar-refractivity contribution in [2.24, 2.45) is 0 Å². The molecule has 1 N–H and O–H groups in total. The van der Waals surface area contributed by atoms with E-state index in [1.54, 1.807) is 0 Å². The SMILES string of the molecule is Cc1cc(C)cc(C2(O)CC3CCCC(C2)N3C(=O)OC(C)(C)C)c1. The zero-order valence-electron chi connectivity index (χ0n) is 16.1. The molecule has 2 fully saturated rings. The summed E-state index contributed by atoms with van der Waals surface area (Å²) >= 11 is 0. The molecule has 0 aromatic heterocycles. The zero-order valence-corrected chi connectivity index (χ0v) is 16.1. The van der Waals surface area contributed by atoms with Gasteiger partial charge >= 0.3 is 6.09 Å². The fraction of sp³-hybridized carbons (Fsp3) is 0.667. The number of hydrogen-bond donors (Lipinski definition) is 1. The lowest BCUT2D eigenvalue weighted by atomic mass is 9.72. The lowest BCUT2D eigenvalue weighted by Gasteiger charge is -2.52. The summed E-state index contributed by atoms with van der Waals surface area (Å²) in [5.41, 5.74) is 1.98. The van der Waals surface area contributed by atoms with Crippen molar-refractivity contribution in [1.82, 2.24) is 4.90 Å². The van der Waals surface area contributed by atoms with E-state index in [1.807, 2.05) is 25.7 Å². The highest BCUT2D eigenvalue weighted by atomic mass is 16.6. The predicted molar refractivity (Wildman–Crippen MR) is 98.5 cm³/mol. The van der Waals surface area contributed by atoms with Crippen LogP contribution in [0.5, 0.6) is 0 Å². The van der Waals surface area contributed by atoms with Gasteiger partial charge in [-0.15, -0.1) is 0 Å². The summed E-state index contributed by atoms with van der Waals surface area (Å²) in [6.07, 6.45) is 3.92. The van der Waals surface area contributed by atoms with Crippen molar-refractivity contribution < 1.29 is 14.6 Å². The van der Waals surface area contributed by atoms with Crippen molar-refractivity contribution in [3.8, 4) is 0 Å². The maximum Gasteiger partial charge on any atom is 0.410 e. The summed E-state index contributed by atoms with van der Waals surface area (Å²) in [5, 5.41) is 11.5. The lowest BCUT2D eigenvalue weighted by Crippen LogP contribution is -2.59. The smallest absolute Gasteiger partial charge is 0.410 e. The molecule has 2 heterocycles. The van der Waals surface area contributed by atoms with Crippen LogP contribution in [0.25, 0.3) is 0 Å². The second kappa shape index (κ2) is 6.31. The summed E-state index contributed by atoms with van der Waals surface area (Å²) in [6.45, 7) is 9.83. The average molecular weight is 345 g/mol. The molecule has 2 atom stereocenters. The van der Waals surface area contributed by atoms with Gasteiger partial charge in [0, 0.05) is 24.9 Å². The third-order valence-corrected chi connectivity index (χ3v) is 5.37. The second-order valence-corrected chi connectivity index (χ2v) is 8.94. The van der Waals surface area contributed by atoms with Gasteiger partial charge in [-0.25, -0.2) is 4.79 Å². The van der Waals surface area contributed by atoms with Crippen molar-refractivity contribution in [3.63, 3.8) is 0 Å². The first-order valence-electron chi connectivity index (χ1n) is 9.40. The van der Waals surface area contributed by atoms with Crippen LogP contribution in [0.4, 0.5) is 4.79 Å². The number of aryl methyl sites for hydroxylation is 2. The number of piperidine rings is 2. The first-order chi connectivity index (χ1) is 11.6. The molecular weight excluding hydrogens is 314 g/mol. The van der Waals surface area contributed by atoms with Gasteiger partial charge in [-0.1, -0.05) is 29.3 Å². The van der Waals surface area contributed by atoms with Gasteiger partial charge < -0.3 is 14.7 Å². The fourth-order valence-corrected chi connectivity index (χ4v) is 4.52. The van der Waals surface area contributed by atoms with Crippen LogP contribution in [0.15, 0.2) is 18.2 Å². The molecule has 0 saturated carbocycles. The van der Waals surface area contributed by atoms with Gasteiger partial charge in [-0.2, -0.15) is 0 Å². The largest absolute Gasteiger partial charge is 0.444 e. The molecule has 2 saturated heterocycles. The zero-order chi connectivity index (χ0) is 18.4. The number of carbonyl (C=O) groups is 1. The van der Waals surface area contributed by atoms with Crippen molar-refractivity contribution in [2.45, 2.75) is 90.0 Å². The number of aliphatic hydroxyl groups is 1. The first-order valence-corrected chi connectivity index (χ1v) is 9.40. The van der Waals surface area contributed by atoms with E-state index in [2.05, 4.69) is 32.0 Å². The van der Waals surface area contributed by atoms with Crippen molar-refractivity contribution in [2.75, 3.05) is 0 Å². The second-order valence-electron chi connectivity index (χ2n) is 8.94. The molecule has 4 nitrogen and oxygen atoms in total. The molecule has 2 unspecified atom stereocenters. The number of amides is 1. The molecule has 1 aromatic carbocycles. The molecule has 1 aromatic rings. The maximum atomic E-state index is 12.7. The van der Waals surface area contributed by atoms with E-state index in [-0.39, 0.29) is 18.2 Å². The van der Waals surface area contributed by atoms with E-state index < -0.39 is 11.2 Å². The number of benzene rings is 1. The molecule has 3 rings (SSSR count). The molecular formula is C21H31NO3. The molecule has 0 spiro atoms. The van der Waals surface area contributed by atoms with E-state index in [0.717, 1.165) is 24.8 Å². The Bertz CT molecular complexity index is 627. The Labute approximate surface area is 151 Å². The van der Waals surface area contributed by atoms with Crippen LogP contribution in [-0.2, 0) is 10.3 Å². The van der Waals surface area contributed by atoms with Gasteiger partial charge in [0.15, 0.2) is 0 Å². The Kier molecular flexibility index (Phi) is 4.61. The minimum atomic E-state index is -0.856. The van der Waals surface area contributed by atoms with E-state index in [9.17, 15) is 9.90 Å². The molecule has 0 aliphatic carbocycles. The van der Waals surface area contributed by atoms with Crippen LogP contribution >= 0.6 is 0 Å².